The highest BCUT2D eigenvalue weighted by Crippen LogP contribution is 2.06. The SMILES string of the molecule is Cc1cc(C)cc(C)c1.N.N. The summed E-state index contributed by atoms with van der Waals surface area (Å²) in [5.41, 5.74) is 4.06. The first kappa shape index (κ1) is 12.8. The van der Waals surface area contributed by atoms with Crippen molar-refractivity contribution >= 4 is 0 Å². The molecule has 0 amide bonds. The molecule has 11 heavy (non-hydrogen) atoms. The molecule has 0 aliphatic rings. The van der Waals surface area contributed by atoms with Gasteiger partial charge >= 0.3 is 0 Å². The zero-order valence-corrected chi connectivity index (χ0v) is 7.65. The van der Waals surface area contributed by atoms with Crippen molar-refractivity contribution < 1.29 is 0 Å². The summed E-state index contributed by atoms with van der Waals surface area (Å²) in [5, 5.41) is 0. The largest absolute Gasteiger partial charge is 0.344 e. The third-order valence-corrected chi connectivity index (χ3v) is 1.37. The van der Waals surface area contributed by atoms with Gasteiger partial charge in [0.05, 0.1) is 0 Å². The molecule has 0 saturated heterocycles. The van der Waals surface area contributed by atoms with Crippen molar-refractivity contribution in [2.24, 2.45) is 0 Å². The maximum Gasteiger partial charge on any atom is -0.0398 e. The summed E-state index contributed by atoms with van der Waals surface area (Å²) in [6, 6.07) is 6.56. The minimum absolute atomic E-state index is 0. The van der Waals surface area contributed by atoms with Crippen LogP contribution >= 0.6 is 0 Å². The molecule has 0 spiro atoms. The lowest BCUT2D eigenvalue weighted by atomic mass is 10.1. The van der Waals surface area contributed by atoms with Gasteiger partial charge in [-0.1, -0.05) is 34.9 Å². The maximum absolute atomic E-state index is 2.19. The van der Waals surface area contributed by atoms with Gasteiger partial charge in [-0.05, 0) is 20.8 Å². The van der Waals surface area contributed by atoms with Crippen LogP contribution in [0.2, 0.25) is 0 Å². The molecule has 0 unspecified atom stereocenters. The molecule has 1 aromatic carbocycles. The topological polar surface area (TPSA) is 70.0 Å². The molecule has 1 aromatic rings. The van der Waals surface area contributed by atoms with Crippen LogP contribution in [-0.4, -0.2) is 0 Å². The Labute approximate surface area is 68.8 Å². The molecule has 0 aliphatic heterocycles. The lowest BCUT2D eigenvalue weighted by Gasteiger charge is -1.96. The normalized spacial score (nSPS) is 7.91. The van der Waals surface area contributed by atoms with Gasteiger partial charge in [0.25, 0.3) is 0 Å². The number of hydrogen-bond donors (Lipinski definition) is 2. The van der Waals surface area contributed by atoms with Gasteiger partial charge in [-0.2, -0.15) is 0 Å². The van der Waals surface area contributed by atoms with Crippen LogP contribution in [0.1, 0.15) is 16.7 Å². The molecule has 0 radical (unpaired) electrons. The Morgan fingerprint density at radius 2 is 0.818 bits per heavy atom. The number of hydrogen-bond acceptors (Lipinski definition) is 2. The summed E-state index contributed by atoms with van der Waals surface area (Å²) in [7, 11) is 0. The summed E-state index contributed by atoms with van der Waals surface area (Å²) >= 11 is 0. The molecule has 0 saturated carbocycles. The summed E-state index contributed by atoms with van der Waals surface area (Å²) in [5.74, 6) is 0. The predicted molar refractivity (Wildman–Crippen MR) is 50.7 cm³/mol. The minimum atomic E-state index is 0. The van der Waals surface area contributed by atoms with E-state index >= 15 is 0 Å². The lowest BCUT2D eigenvalue weighted by molar-refractivity contribution is 1.32. The third-order valence-electron chi connectivity index (χ3n) is 1.37. The second-order valence-electron chi connectivity index (χ2n) is 2.67. The first-order chi connectivity index (χ1) is 4.18. The van der Waals surface area contributed by atoms with Gasteiger partial charge in [-0.25, -0.2) is 0 Å². The van der Waals surface area contributed by atoms with Crippen LogP contribution < -0.4 is 12.3 Å². The van der Waals surface area contributed by atoms with Crippen molar-refractivity contribution in [3.63, 3.8) is 0 Å². The average molecular weight is 154 g/mol. The predicted octanol–water partition coefficient (Wildman–Crippen LogP) is 2.94. The van der Waals surface area contributed by atoms with E-state index in [-0.39, 0.29) is 12.3 Å². The monoisotopic (exact) mass is 154 g/mol. The van der Waals surface area contributed by atoms with Crippen molar-refractivity contribution in [1.29, 1.82) is 0 Å². The van der Waals surface area contributed by atoms with Gasteiger partial charge in [0.1, 0.15) is 0 Å². The molecule has 0 atom stereocenters. The molecule has 2 heteroatoms. The van der Waals surface area contributed by atoms with E-state index in [0.29, 0.717) is 0 Å². The number of aryl methyl sites for hydroxylation is 3. The molecule has 0 heterocycles. The molecule has 0 aromatic heterocycles. The molecule has 1 rings (SSSR count). The Balaban J connectivity index is 0. The van der Waals surface area contributed by atoms with Crippen LogP contribution in [0, 0.1) is 20.8 Å². The smallest absolute Gasteiger partial charge is 0.0398 e. The van der Waals surface area contributed by atoms with Crippen LogP contribution in [0.15, 0.2) is 18.2 Å². The van der Waals surface area contributed by atoms with Gasteiger partial charge in [-0.3, -0.25) is 0 Å². The second kappa shape index (κ2) is 4.88. The highest BCUT2D eigenvalue weighted by Gasteiger charge is 1.87. The molecule has 0 aliphatic carbocycles. The fraction of sp³-hybridized carbons (Fsp3) is 0.333. The number of benzene rings is 1. The van der Waals surface area contributed by atoms with E-state index in [2.05, 4.69) is 39.0 Å². The number of rotatable bonds is 0. The summed E-state index contributed by atoms with van der Waals surface area (Å²) in [4.78, 5) is 0. The zero-order valence-electron chi connectivity index (χ0n) is 7.65. The van der Waals surface area contributed by atoms with E-state index in [1.165, 1.54) is 16.7 Å². The fourth-order valence-corrected chi connectivity index (χ4v) is 1.20. The molecule has 2 nitrogen and oxygen atoms in total. The van der Waals surface area contributed by atoms with Crippen LogP contribution in [0.3, 0.4) is 0 Å². The van der Waals surface area contributed by atoms with Crippen LogP contribution in [0.25, 0.3) is 0 Å². The summed E-state index contributed by atoms with van der Waals surface area (Å²) in [6.45, 7) is 6.38. The van der Waals surface area contributed by atoms with Crippen LogP contribution in [-0.2, 0) is 0 Å². The van der Waals surface area contributed by atoms with E-state index in [0.717, 1.165) is 0 Å². The van der Waals surface area contributed by atoms with Gasteiger partial charge in [0.2, 0.25) is 0 Å². The average Bonchev–Trinajstić information content (AvgIpc) is 1.59. The lowest BCUT2D eigenvalue weighted by Crippen LogP contribution is -1.78. The quantitative estimate of drug-likeness (QED) is 0.603. The minimum Gasteiger partial charge on any atom is -0.344 e. The van der Waals surface area contributed by atoms with Gasteiger partial charge in [0.15, 0.2) is 0 Å². The molecular weight excluding hydrogens is 136 g/mol. The van der Waals surface area contributed by atoms with Crippen molar-refractivity contribution in [3.8, 4) is 0 Å². The summed E-state index contributed by atoms with van der Waals surface area (Å²) in [6.07, 6.45) is 0. The highest BCUT2D eigenvalue weighted by atomic mass is 14.0. The molecule has 64 valence electrons. The standard InChI is InChI=1S/C9H12.2H3N/c1-7-4-8(2)6-9(3)5-7;;/h4-6H,1-3H3;2*1H3. The van der Waals surface area contributed by atoms with Gasteiger partial charge < -0.3 is 12.3 Å². The molecule has 0 bridgehead atoms. The highest BCUT2D eigenvalue weighted by molar-refractivity contribution is 5.27. The van der Waals surface area contributed by atoms with Crippen molar-refractivity contribution in [2.45, 2.75) is 20.8 Å². The third kappa shape index (κ3) is 3.75. The van der Waals surface area contributed by atoms with Gasteiger partial charge in [-0.15, -0.1) is 0 Å². The Kier molecular flexibility index (Phi) is 5.67. The van der Waals surface area contributed by atoms with E-state index in [1.807, 2.05) is 0 Å². The maximum atomic E-state index is 2.19. The van der Waals surface area contributed by atoms with E-state index in [1.54, 1.807) is 0 Å². The van der Waals surface area contributed by atoms with Crippen LogP contribution in [0.5, 0.6) is 0 Å². The Bertz CT molecular complexity index is 168. The van der Waals surface area contributed by atoms with Crippen molar-refractivity contribution in [3.05, 3.63) is 34.9 Å². The first-order valence-electron chi connectivity index (χ1n) is 3.23. The Hall–Kier alpha value is -0.860. The Morgan fingerprint density at radius 1 is 0.636 bits per heavy atom. The zero-order chi connectivity index (χ0) is 6.85. The second-order valence-corrected chi connectivity index (χ2v) is 2.67. The van der Waals surface area contributed by atoms with E-state index < -0.39 is 0 Å². The molecular formula is C9H18N2. The molecule has 6 N–H and O–H groups in total. The molecule has 0 fully saturated rings. The van der Waals surface area contributed by atoms with Crippen molar-refractivity contribution in [1.82, 2.24) is 12.3 Å². The van der Waals surface area contributed by atoms with Crippen molar-refractivity contribution in [2.75, 3.05) is 0 Å². The Morgan fingerprint density at radius 3 is 1.00 bits per heavy atom. The van der Waals surface area contributed by atoms with Gasteiger partial charge in [0, 0.05) is 0 Å². The van der Waals surface area contributed by atoms with E-state index in [9.17, 15) is 0 Å². The summed E-state index contributed by atoms with van der Waals surface area (Å²) < 4.78 is 0. The van der Waals surface area contributed by atoms with E-state index in [4.69, 9.17) is 0 Å². The fourth-order valence-electron chi connectivity index (χ4n) is 1.20. The first-order valence-corrected chi connectivity index (χ1v) is 3.23. The van der Waals surface area contributed by atoms with Crippen LogP contribution in [0.4, 0.5) is 0 Å².